The molecule has 4 aromatic rings. The Hall–Kier alpha value is -3.52. The zero-order chi connectivity index (χ0) is 22.2. The lowest BCUT2D eigenvalue weighted by Crippen LogP contribution is -2.27. The van der Waals surface area contributed by atoms with Crippen LogP contribution >= 0.6 is 11.8 Å². The quantitative estimate of drug-likeness (QED) is 0.362. The second kappa shape index (κ2) is 10.7. The van der Waals surface area contributed by atoms with Crippen molar-refractivity contribution in [2.75, 3.05) is 19.4 Å². The van der Waals surface area contributed by atoms with Crippen molar-refractivity contribution < 1.29 is 18.7 Å². The Kier molecular flexibility index (Phi) is 7.24. The van der Waals surface area contributed by atoms with Crippen LogP contribution in [0.25, 0.3) is 10.8 Å². The highest BCUT2D eigenvalue weighted by atomic mass is 32.2. The van der Waals surface area contributed by atoms with Crippen molar-refractivity contribution in [2.24, 2.45) is 0 Å². The van der Waals surface area contributed by atoms with E-state index in [1.54, 1.807) is 7.11 Å². The van der Waals surface area contributed by atoms with Crippen molar-refractivity contribution in [3.8, 4) is 11.5 Å². The zero-order valence-corrected chi connectivity index (χ0v) is 18.4. The number of nitrogens with zero attached hydrogens (tertiary/aromatic N) is 2. The standard InChI is InChI=1S/C24H23N3O4S/c1-29-20-8-4-5-17(13-20)11-12-25-22(28)16-32-24-27-26-23(31-24)15-30-21-10-9-18-6-2-3-7-19(18)14-21/h2-10,13-14H,11-12,15-16H2,1H3,(H,25,28). The molecule has 0 saturated carbocycles. The molecule has 0 saturated heterocycles. The summed E-state index contributed by atoms with van der Waals surface area (Å²) in [5, 5.41) is 13.4. The van der Waals surface area contributed by atoms with Gasteiger partial charge in [-0.2, -0.15) is 0 Å². The normalized spacial score (nSPS) is 10.8. The summed E-state index contributed by atoms with van der Waals surface area (Å²) in [4.78, 5) is 12.1. The molecule has 0 aliphatic heterocycles. The maximum atomic E-state index is 12.1. The Balaban J connectivity index is 1.19. The van der Waals surface area contributed by atoms with Crippen molar-refractivity contribution in [3.05, 3.63) is 78.2 Å². The van der Waals surface area contributed by atoms with E-state index in [0.717, 1.165) is 34.3 Å². The van der Waals surface area contributed by atoms with Gasteiger partial charge in [0.1, 0.15) is 11.5 Å². The van der Waals surface area contributed by atoms with Gasteiger partial charge in [0.15, 0.2) is 6.61 Å². The first-order chi connectivity index (χ1) is 15.7. The highest BCUT2D eigenvalue weighted by Crippen LogP contribution is 2.22. The molecular formula is C24H23N3O4S. The van der Waals surface area contributed by atoms with Crippen LogP contribution in [0.1, 0.15) is 11.5 Å². The van der Waals surface area contributed by atoms with Crippen LogP contribution in [0.5, 0.6) is 11.5 Å². The molecule has 7 nitrogen and oxygen atoms in total. The number of carbonyl (C=O) groups is 1. The molecule has 1 heterocycles. The van der Waals surface area contributed by atoms with E-state index in [0.29, 0.717) is 17.7 Å². The van der Waals surface area contributed by atoms with E-state index < -0.39 is 0 Å². The molecule has 32 heavy (non-hydrogen) atoms. The molecule has 3 aromatic carbocycles. The number of benzene rings is 3. The number of thioether (sulfide) groups is 1. The predicted molar refractivity (Wildman–Crippen MR) is 123 cm³/mol. The average Bonchev–Trinajstić information content (AvgIpc) is 3.29. The van der Waals surface area contributed by atoms with E-state index in [-0.39, 0.29) is 18.3 Å². The summed E-state index contributed by atoms with van der Waals surface area (Å²) in [6.45, 7) is 0.708. The van der Waals surface area contributed by atoms with Gasteiger partial charge >= 0.3 is 0 Å². The lowest BCUT2D eigenvalue weighted by Gasteiger charge is -2.06. The largest absolute Gasteiger partial charge is 0.497 e. The smallest absolute Gasteiger partial charge is 0.277 e. The molecule has 1 aromatic heterocycles. The third-order valence-corrected chi connectivity index (χ3v) is 5.55. The topological polar surface area (TPSA) is 86.5 Å². The van der Waals surface area contributed by atoms with Crippen molar-refractivity contribution >= 4 is 28.4 Å². The van der Waals surface area contributed by atoms with Crippen LogP contribution in [0.2, 0.25) is 0 Å². The Morgan fingerprint density at radius 2 is 1.88 bits per heavy atom. The minimum absolute atomic E-state index is 0.0925. The highest BCUT2D eigenvalue weighted by Gasteiger charge is 2.10. The number of amides is 1. The van der Waals surface area contributed by atoms with Gasteiger partial charge < -0.3 is 19.2 Å². The van der Waals surface area contributed by atoms with Crippen LogP contribution in [0.4, 0.5) is 0 Å². The average molecular weight is 450 g/mol. The number of rotatable bonds is 10. The zero-order valence-electron chi connectivity index (χ0n) is 17.6. The van der Waals surface area contributed by atoms with E-state index in [9.17, 15) is 4.79 Å². The van der Waals surface area contributed by atoms with E-state index in [1.807, 2.05) is 60.7 Å². The molecule has 0 aliphatic carbocycles. The molecular weight excluding hydrogens is 426 g/mol. The van der Waals surface area contributed by atoms with Gasteiger partial charge in [0, 0.05) is 6.54 Å². The Morgan fingerprint density at radius 3 is 2.75 bits per heavy atom. The van der Waals surface area contributed by atoms with Crippen LogP contribution in [-0.4, -0.2) is 35.5 Å². The second-order valence-corrected chi connectivity index (χ2v) is 7.93. The fourth-order valence-corrected chi connectivity index (χ4v) is 3.72. The molecule has 1 amide bonds. The molecule has 0 spiro atoms. The molecule has 8 heteroatoms. The number of ether oxygens (including phenoxy) is 2. The van der Waals surface area contributed by atoms with E-state index in [4.69, 9.17) is 13.9 Å². The number of hydrogen-bond acceptors (Lipinski definition) is 7. The minimum Gasteiger partial charge on any atom is -0.497 e. The van der Waals surface area contributed by atoms with Crippen LogP contribution in [-0.2, 0) is 17.8 Å². The van der Waals surface area contributed by atoms with Crippen molar-refractivity contribution in [1.29, 1.82) is 0 Å². The first-order valence-corrected chi connectivity index (χ1v) is 11.1. The molecule has 0 fully saturated rings. The molecule has 164 valence electrons. The van der Waals surface area contributed by atoms with Crippen LogP contribution in [0, 0.1) is 0 Å². The van der Waals surface area contributed by atoms with Gasteiger partial charge in [-0.3, -0.25) is 4.79 Å². The first kappa shape index (κ1) is 21.7. The number of fused-ring (bicyclic) bond motifs is 1. The predicted octanol–water partition coefficient (Wildman–Crippen LogP) is 4.26. The van der Waals surface area contributed by atoms with E-state index in [1.165, 1.54) is 11.8 Å². The first-order valence-electron chi connectivity index (χ1n) is 10.2. The number of nitrogens with one attached hydrogen (secondary N) is 1. The van der Waals surface area contributed by atoms with Crippen molar-refractivity contribution in [3.63, 3.8) is 0 Å². The molecule has 4 rings (SSSR count). The summed E-state index contributed by atoms with van der Waals surface area (Å²) in [5.74, 6) is 2.00. The van der Waals surface area contributed by atoms with E-state index >= 15 is 0 Å². The Bertz CT molecular complexity index is 1190. The number of carbonyl (C=O) groups excluding carboxylic acids is 1. The number of hydrogen-bond donors (Lipinski definition) is 1. The molecule has 1 N–H and O–H groups in total. The number of aromatic nitrogens is 2. The summed E-state index contributed by atoms with van der Waals surface area (Å²) < 4.78 is 16.5. The molecule has 0 bridgehead atoms. The minimum atomic E-state index is -0.0925. The summed E-state index contributed by atoms with van der Waals surface area (Å²) in [5.41, 5.74) is 1.10. The summed E-state index contributed by atoms with van der Waals surface area (Å²) in [7, 11) is 1.64. The molecule has 0 unspecified atom stereocenters. The third-order valence-electron chi connectivity index (χ3n) is 4.73. The molecule has 0 radical (unpaired) electrons. The van der Waals surface area contributed by atoms with Gasteiger partial charge in [-0.15, -0.1) is 10.2 Å². The van der Waals surface area contributed by atoms with Gasteiger partial charge in [-0.1, -0.05) is 54.2 Å². The monoisotopic (exact) mass is 449 g/mol. The van der Waals surface area contributed by atoms with Crippen LogP contribution in [0.3, 0.4) is 0 Å². The maximum Gasteiger partial charge on any atom is 0.277 e. The fourth-order valence-electron chi connectivity index (χ4n) is 3.11. The Morgan fingerprint density at radius 1 is 1.00 bits per heavy atom. The van der Waals surface area contributed by atoms with Gasteiger partial charge in [0.2, 0.25) is 5.91 Å². The van der Waals surface area contributed by atoms with Crippen molar-refractivity contribution in [1.82, 2.24) is 15.5 Å². The lowest BCUT2D eigenvalue weighted by atomic mass is 10.1. The lowest BCUT2D eigenvalue weighted by molar-refractivity contribution is -0.118. The molecule has 0 atom stereocenters. The SMILES string of the molecule is COc1cccc(CCNC(=O)CSc2nnc(COc3ccc4ccccc4c3)o2)c1. The highest BCUT2D eigenvalue weighted by molar-refractivity contribution is 7.99. The van der Waals surface area contributed by atoms with Gasteiger partial charge in [-0.05, 0) is 47.0 Å². The third kappa shape index (κ3) is 6.01. The summed E-state index contributed by atoms with van der Waals surface area (Å²) >= 11 is 1.20. The summed E-state index contributed by atoms with van der Waals surface area (Å²) in [6.07, 6.45) is 0.727. The maximum absolute atomic E-state index is 12.1. The van der Waals surface area contributed by atoms with Gasteiger partial charge in [0.05, 0.1) is 12.9 Å². The fraction of sp³-hybridized carbons (Fsp3) is 0.208. The van der Waals surface area contributed by atoms with E-state index in [2.05, 4.69) is 21.6 Å². The summed E-state index contributed by atoms with van der Waals surface area (Å²) in [6, 6.07) is 21.7. The number of methoxy groups -OCH3 is 1. The van der Waals surface area contributed by atoms with Crippen LogP contribution in [0.15, 0.2) is 76.4 Å². The van der Waals surface area contributed by atoms with Crippen molar-refractivity contribution in [2.45, 2.75) is 18.3 Å². The second-order valence-electron chi connectivity index (χ2n) is 7.00. The van der Waals surface area contributed by atoms with Gasteiger partial charge in [0.25, 0.3) is 11.1 Å². The van der Waals surface area contributed by atoms with Crippen LogP contribution < -0.4 is 14.8 Å². The van der Waals surface area contributed by atoms with Gasteiger partial charge in [-0.25, -0.2) is 0 Å². The molecule has 0 aliphatic rings. The Labute approximate surface area is 190 Å².